The summed E-state index contributed by atoms with van der Waals surface area (Å²) in [5.74, 6) is 0. The lowest BCUT2D eigenvalue weighted by Crippen LogP contribution is -2.67. The van der Waals surface area contributed by atoms with E-state index in [-0.39, 0.29) is 0 Å². The highest BCUT2D eigenvalue weighted by Gasteiger charge is 2.53. The zero-order chi connectivity index (χ0) is 26.0. The average Bonchev–Trinajstić information content (AvgIpc) is 2.85. The minimum Gasteiger partial charge on any atom is -0.394 e. The lowest BCUT2D eigenvalue weighted by Gasteiger charge is -2.48. The molecule has 0 aromatic rings. The van der Waals surface area contributed by atoms with Crippen LogP contribution in [0.2, 0.25) is 0 Å². The Balaban J connectivity index is 1.77. The van der Waals surface area contributed by atoms with E-state index in [0.29, 0.717) is 0 Å². The van der Waals surface area contributed by atoms with Crippen LogP contribution in [0.15, 0.2) is 5.11 Å². The second-order valence-corrected chi connectivity index (χ2v) is 8.64. The summed E-state index contributed by atoms with van der Waals surface area (Å²) in [6.07, 6.45) is -17.5. The van der Waals surface area contributed by atoms with E-state index in [1.54, 1.807) is 0 Å². The molecule has 0 aliphatic carbocycles. The van der Waals surface area contributed by atoms with Crippen LogP contribution in [0.4, 0.5) is 0 Å². The minimum absolute atomic E-state index is 0.673. The van der Waals surface area contributed by atoms with Crippen LogP contribution in [0.5, 0.6) is 0 Å². The van der Waals surface area contributed by atoms with Crippen LogP contribution in [-0.2, 0) is 23.7 Å². The zero-order valence-corrected chi connectivity index (χ0v) is 18.5. The molecule has 3 aliphatic heterocycles. The number of nitrogens with zero attached hydrogens (tertiary/aromatic N) is 1. The normalized spacial score (nSPS) is 51.2. The third-order valence-electron chi connectivity index (χ3n) is 6.40. The Bertz CT molecular complexity index is 693. The number of ether oxygens (including phenoxy) is 5. The quantitative estimate of drug-likeness (QED) is 0.134. The summed E-state index contributed by atoms with van der Waals surface area (Å²) in [6, 6.07) is -4.10. The Kier molecular flexibility index (Phi) is 9.82. The van der Waals surface area contributed by atoms with Crippen LogP contribution in [0.1, 0.15) is 0 Å². The third kappa shape index (κ3) is 5.64. The van der Waals surface area contributed by atoms with Gasteiger partial charge >= 0.3 is 0 Å². The van der Waals surface area contributed by atoms with Gasteiger partial charge in [0.25, 0.3) is 0 Å². The standard InChI is InChI=1S/C18H34N4O13/c19-7-12(28)14(5(2-24)31-16(7)30)35-18-9(22-21)13(29)15(6(3-25)33-18)34-17-8(20)11(27)10(26)4(1-23)32-17/h4-18,21,23-30H,1-3,19-20H2/t4-,5-,6-,7-,8-,9-,10-,11-,12-,13-,14?,15?,16-,17+,18+/m1/s1. The summed E-state index contributed by atoms with van der Waals surface area (Å²) < 4.78 is 27.4. The maximum Gasteiger partial charge on any atom is 0.185 e. The van der Waals surface area contributed by atoms with Gasteiger partial charge < -0.3 is 76.0 Å². The van der Waals surface area contributed by atoms with Gasteiger partial charge in [0, 0.05) is 0 Å². The van der Waals surface area contributed by atoms with Crippen molar-refractivity contribution in [2.24, 2.45) is 16.6 Å². The van der Waals surface area contributed by atoms with Crippen molar-refractivity contribution in [2.45, 2.75) is 91.9 Å². The van der Waals surface area contributed by atoms with Crippen LogP contribution in [0, 0.1) is 5.53 Å². The van der Waals surface area contributed by atoms with E-state index in [2.05, 4.69) is 5.11 Å². The first kappa shape index (κ1) is 28.6. The van der Waals surface area contributed by atoms with Crippen molar-refractivity contribution in [1.29, 1.82) is 5.53 Å². The number of aliphatic hydroxyl groups is 8. The van der Waals surface area contributed by atoms with Gasteiger partial charge in [0.1, 0.15) is 61.0 Å². The average molecular weight is 514 g/mol. The maximum atomic E-state index is 10.9. The molecular formula is C18H34N4O13. The van der Waals surface area contributed by atoms with Crippen LogP contribution >= 0.6 is 0 Å². The Morgan fingerprint density at radius 1 is 0.657 bits per heavy atom. The first-order valence-corrected chi connectivity index (χ1v) is 11.0. The molecule has 0 amide bonds. The topological polar surface area (TPSA) is 296 Å². The minimum atomic E-state index is -1.68. The SMILES string of the molecule is N=N[C@H]1[C@H](OC2[C@@H](CO)O[C@@H](O)[C@H](N)[C@H]2O)O[C@H](CO)C(O[C@@H]2O[C@H](CO)[C@@H](O)[C@H](O)[C@H]2N)[C@@H]1O. The molecule has 3 rings (SSSR count). The third-order valence-corrected chi connectivity index (χ3v) is 6.40. The predicted molar refractivity (Wildman–Crippen MR) is 108 cm³/mol. The van der Waals surface area contributed by atoms with Crippen molar-refractivity contribution in [1.82, 2.24) is 0 Å². The molecule has 3 aliphatic rings. The van der Waals surface area contributed by atoms with Gasteiger partial charge in [-0.05, 0) is 0 Å². The fourth-order valence-electron chi connectivity index (χ4n) is 4.28. The van der Waals surface area contributed by atoms with Crippen molar-refractivity contribution in [3.63, 3.8) is 0 Å². The molecule has 17 heteroatoms. The molecule has 15 atom stereocenters. The molecule has 13 N–H and O–H groups in total. The Morgan fingerprint density at radius 3 is 1.74 bits per heavy atom. The summed E-state index contributed by atoms with van der Waals surface area (Å²) in [6.45, 7) is -2.10. The van der Waals surface area contributed by atoms with E-state index < -0.39 is 112 Å². The van der Waals surface area contributed by atoms with Crippen molar-refractivity contribution >= 4 is 0 Å². The monoisotopic (exact) mass is 514 g/mol. The molecule has 0 saturated carbocycles. The molecule has 3 heterocycles. The largest absolute Gasteiger partial charge is 0.394 e. The first-order chi connectivity index (χ1) is 16.6. The summed E-state index contributed by atoms with van der Waals surface area (Å²) >= 11 is 0. The smallest absolute Gasteiger partial charge is 0.185 e. The molecule has 0 radical (unpaired) electrons. The van der Waals surface area contributed by atoms with E-state index >= 15 is 0 Å². The summed E-state index contributed by atoms with van der Waals surface area (Å²) in [5, 5.41) is 83.2. The second kappa shape index (κ2) is 12.0. The van der Waals surface area contributed by atoms with E-state index in [9.17, 15) is 40.9 Å². The number of nitrogens with one attached hydrogen (secondary N) is 1. The number of rotatable bonds is 8. The van der Waals surface area contributed by atoms with Crippen LogP contribution in [0.3, 0.4) is 0 Å². The molecule has 204 valence electrons. The van der Waals surface area contributed by atoms with E-state index in [4.69, 9.17) is 40.7 Å². The van der Waals surface area contributed by atoms with E-state index in [1.807, 2.05) is 0 Å². The highest BCUT2D eigenvalue weighted by Crippen LogP contribution is 2.32. The number of aliphatic hydroxyl groups excluding tert-OH is 8. The van der Waals surface area contributed by atoms with Gasteiger partial charge in [-0.3, -0.25) is 0 Å². The van der Waals surface area contributed by atoms with Crippen LogP contribution in [-0.4, -0.2) is 153 Å². The summed E-state index contributed by atoms with van der Waals surface area (Å²) in [5.41, 5.74) is 19.0. The van der Waals surface area contributed by atoms with E-state index in [1.165, 1.54) is 0 Å². The molecule has 0 aromatic heterocycles. The Hall–Kier alpha value is -1.00. The van der Waals surface area contributed by atoms with Crippen LogP contribution < -0.4 is 11.5 Å². The van der Waals surface area contributed by atoms with Crippen molar-refractivity contribution in [3.8, 4) is 0 Å². The Labute approximate surface area is 199 Å². The fourth-order valence-corrected chi connectivity index (χ4v) is 4.28. The van der Waals surface area contributed by atoms with Gasteiger partial charge in [0.05, 0.1) is 31.9 Å². The van der Waals surface area contributed by atoms with Gasteiger partial charge in [-0.25, -0.2) is 5.53 Å². The zero-order valence-electron chi connectivity index (χ0n) is 18.5. The first-order valence-electron chi connectivity index (χ1n) is 11.0. The van der Waals surface area contributed by atoms with Crippen molar-refractivity contribution in [2.75, 3.05) is 19.8 Å². The molecule has 17 nitrogen and oxygen atoms in total. The molecule has 0 bridgehead atoms. The second-order valence-electron chi connectivity index (χ2n) is 8.64. The van der Waals surface area contributed by atoms with Crippen LogP contribution in [0.25, 0.3) is 0 Å². The van der Waals surface area contributed by atoms with Gasteiger partial charge in [0.15, 0.2) is 18.9 Å². The Morgan fingerprint density at radius 2 is 1.17 bits per heavy atom. The summed E-state index contributed by atoms with van der Waals surface area (Å²) in [4.78, 5) is 0. The van der Waals surface area contributed by atoms with Gasteiger partial charge in [-0.2, -0.15) is 5.11 Å². The fraction of sp³-hybridized carbons (Fsp3) is 1.00. The molecular weight excluding hydrogens is 480 g/mol. The highest BCUT2D eigenvalue weighted by atomic mass is 16.7. The molecule has 0 spiro atoms. The van der Waals surface area contributed by atoms with Crippen molar-refractivity contribution < 1.29 is 64.5 Å². The maximum absolute atomic E-state index is 10.9. The van der Waals surface area contributed by atoms with Gasteiger partial charge in [-0.1, -0.05) is 0 Å². The van der Waals surface area contributed by atoms with Gasteiger partial charge in [0.2, 0.25) is 0 Å². The number of hydrogen-bond donors (Lipinski definition) is 11. The van der Waals surface area contributed by atoms with Gasteiger partial charge in [-0.15, -0.1) is 0 Å². The summed E-state index contributed by atoms with van der Waals surface area (Å²) in [7, 11) is 0. The predicted octanol–water partition coefficient (Wildman–Crippen LogP) is -6.60. The van der Waals surface area contributed by atoms with E-state index in [0.717, 1.165) is 0 Å². The molecule has 35 heavy (non-hydrogen) atoms. The number of nitrogens with two attached hydrogens (primary N) is 2. The lowest BCUT2D eigenvalue weighted by molar-refractivity contribution is -0.348. The van der Waals surface area contributed by atoms with Crippen molar-refractivity contribution in [3.05, 3.63) is 0 Å². The molecule has 3 saturated heterocycles. The molecule has 3 fully saturated rings. The highest BCUT2D eigenvalue weighted by molar-refractivity contribution is 4.99. The number of hydrogen-bond acceptors (Lipinski definition) is 17. The lowest BCUT2D eigenvalue weighted by atomic mass is 9.94. The molecule has 0 aromatic carbocycles. The molecule has 2 unspecified atom stereocenters.